The fraction of sp³-hybridized carbons (Fsp3) is 0.917. The van der Waals surface area contributed by atoms with E-state index >= 15 is 0 Å². The summed E-state index contributed by atoms with van der Waals surface area (Å²) in [7, 11) is -2.83. The van der Waals surface area contributed by atoms with Gasteiger partial charge in [-0.3, -0.25) is 9.69 Å². The fourth-order valence-corrected chi connectivity index (χ4v) is 3.96. The van der Waals surface area contributed by atoms with Crippen LogP contribution < -0.4 is 0 Å². The Labute approximate surface area is 103 Å². The minimum Gasteiger partial charge on any atom is -0.298 e. The first kappa shape index (κ1) is 13.0. The molecular weight excluding hydrogens is 238 g/mol. The summed E-state index contributed by atoms with van der Waals surface area (Å²) in [4.78, 5) is 14.0. The largest absolute Gasteiger partial charge is 0.298 e. The van der Waals surface area contributed by atoms with E-state index in [1.165, 1.54) is 19.3 Å². The van der Waals surface area contributed by atoms with Crippen LogP contribution in [0.3, 0.4) is 0 Å². The molecule has 0 aromatic carbocycles. The van der Waals surface area contributed by atoms with E-state index in [-0.39, 0.29) is 17.4 Å². The lowest BCUT2D eigenvalue weighted by Crippen LogP contribution is -2.44. The molecule has 98 valence electrons. The van der Waals surface area contributed by atoms with Crippen LogP contribution in [-0.2, 0) is 14.6 Å². The fourth-order valence-electron chi connectivity index (χ4n) is 2.68. The summed E-state index contributed by atoms with van der Waals surface area (Å²) in [5, 5.41) is 0. The van der Waals surface area contributed by atoms with Crippen molar-refractivity contribution in [2.75, 3.05) is 31.1 Å². The third-order valence-corrected chi connectivity index (χ3v) is 5.49. The Bertz CT molecular complexity index is 357. The van der Waals surface area contributed by atoms with Gasteiger partial charge < -0.3 is 0 Å². The Morgan fingerprint density at radius 1 is 1.06 bits per heavy atom. The van der Waals surface area contributed by atoms with E-state index in [9.17, 15) is 13.2 Å². The lowest BCUT2D eigenvalue weighted by atomic mass is 9.86. The molecule has 1 saturated carbocycles. The second-order valence-corrected chi connectivity index (χ2v) is 7.53. The summed E-state index contributed by atoms with van der Waals surface area (Å²) in [6, 6.07) is 0. The van der Waals surface area contributed by atoms with Crippen LogP contribution in [0.4, 0.5) is 0 Å². The molecule has 0 spiro atoms. The summed E-state index contributed by atoms with van der Waals surface area (Å²) in [6.07, 6.45) is 5.66. The van der Waals surface area contributed by atoms with Crippen LogP contribution in [0.15, 0.2) is 0 Å². The number of carbonyl (C=O) groups excluding carboxylic acids is 1. The maximum Gasteiger partial charge on any atom is 0.152 e. The number of rotatable bonds is 3. The van der Waals surface area contributed by atoms with E-state index in [1.807, 2.05) is 4.90 Å². The second-order valence-electron chi connectivity index (χ2n) is 5.23. The summed E-state index contributed by atoms with van der Waals surface area (Å²) < 4.78 is 22.5. The van der Waals surface area contributed by atoms with Crippen molar-refractivity contribution in [2.24, 2.45) is 5.92 Å². The topological polar surface area (TPSA) is 54.5 Å². The van der Waals surface area contributed by atoms with Crippen LogP contribution in [0.25, 0.3) is 0 Å². The SMILES string of the molecule is O=C(CN1CCS(=O)(=O)CC1)C1CCCCC1. The molecule has 1 aliphatic carbocycles. The van der Waals surface area contributed by atoms with Crippen molar-refractivity contribution >= 4 is 15.6 Å². The molecular formula is C12H21NO3S. The normalized spacial score (nSPS) is 26.8. The highest BCUT2D eigenvalue weighted by Crippen LogP contribution is 2.24. The minimum atomic E-state index is -2.83. The maximum absolute atomic E-state index is 12.0. The lowest BCUT2D eigenvalue weighted by Gasteiger charge is -2.28. The van der Waals surface area contributed by atoms with Crippen LogP contribution in [-0.4, -0.2) is 50.2 Å². The zero-order valence-corrected chi connectivity index (χ0v) is 11.0. The Morgan fingerprint density at radius 2 is 1.65 bits per heavy atom. The van der Waals surface area contributed by atoms with Gasteiger partial charge in [0, 0.05) is 19.0 Å². The highest BCUT2D eigenvalue weighted by molar-refractivity contribution is 7.91. The first-order valence-corrected chi connectivity index (χ1v) is 8.34. The molecule has 2 fully saturated rings. The van der Waals surface area contributed by atoms with Crippen molar-refractivity contribution in [3.63, 3.8) is 0 Å². The van der Waals surface area contributed by atoms with Gasteiger partial charge in [0.2, 0.25) is 0 Å². The molecule has 0 aromatic rings. The van der Waals surface area contributed by atoms with Gasteiger partial charge in [-0.25, -0.2) is 8.42 Å². The monoisotopic (exact) mass is 259 g/mol. The Balaban J connectivity index is 1.79. The van der Waals surface area contributed by atoms with E-state index < -0.39 is 9.84 Å². The van der Waals surface area contributed by atoms with Gasteiger partial charge in [0.05, 0.1) is 18.1 Å². The van der Waals surface area contributed by atoms with E-state index in [4.69, 9.17) is 0 Å². The standard InChI is InChI=1S/C12H21NO3S/c14-12(11-4-2-1-3-5-11)10-13-6-8-17(15,16)9-7-13/h11H,1-10H2. The Hall–Kier alpha value is -0.420. The number of carbonyl (C=O) groups is 1. The predicted octanol–water partition coefficient (Wildman–Crippen LogP) is 0.866. The first-order chi connectivity index (χ1) is 8.07. The molecule has 0 atom stereocenters. The molecule has 0 N–H and O–H groups in total. The highest BCUT2D eigenvalue weighted by atomic mass is 32.2. The van der Waals surface area contributed by atoms with E-state index in [0.29, 0.717) is 25.4 Å². The molecule has 1 heterocycles. The van der Waals surface area contributed by atoms with E-state index in [2.05, 4.69) is 0 Å². The maximum atomic E-state index is 12.0. The second kappa shape index (κ2) is 5.48. The average molecular weight is 259 g/mol. The van der Waals surface area contributed by atoms with Gasteiger partial charge in [0.1, 0.15) is 5.78 Å². The van der Waals surface area contributed by atoms with Crippen molar-refractivity contribution in [1.82, 2.24) is 4.90 Å². The number of nitrogens with zero attached hydrogens (tertiary/aromatic N) is 1. The predicted molar refractivity (Wildman–Crippen MR) is 66.7 cm³/mol. The molecule has 0 unspecified atom stereocenters. The first-order valence-electron chi connectivity index (χ1n) is 6.52. The summed E-state index contributed by atoms with van der Waals surface area (Å²) >= 11 is 0. The van der Waals surface area contributed by atoms with Gasteiger partial charge in [-0.2, -0.15) is 0 Å². The summed E-state index contributed by atoms with van der Waals surface area (Å²) in [5.41, 5.74) is 0. The Kier molecular flexibility index (Phi) is 4.20. The van der Waals surface area contributed by atoms with Gasteiger partial charge in [0.15, 0.2) is 9.84 Å². The molecule has 0 bridgehead atoms. The van der Waals surface area contributed by atoms with Gasteiger partial charge in [-0.1, -0.05) is 19.3 Å². The van der Waals surface area contributed by atoms with E-state index in [0.717, 1.165) is 12.8 Å². The zero-order valence-electron chi connectivity index (χ0n) is 10.2. The number of hydrogen-bond donors (Lipinski definition) is 0. The lowest BCUT2D eigenvalue weighted by molar-refractivity contribution is -0.124. The van der Waals surface area contributed by atoms with Crippen molar-refractivity contribution in [3.8, 4) is 0 Å². The molecule has 0 aromatic heterocycles. The van der Waals surface area contributed by atoms with Gasteiger partial charge in [-0.15, -0.1) is 0 Å². The quantitative estimate of drug-likeness (QED) is 0.754. The molecule has 2 aliphatic rings. The van der Waals surface area contributed by atoms with Crippen LogP contribution in [0.1, 0.15) is 32.1 Å². The minimum absolute atomic E-state index is 0.213. The summed E-state index contributed by atoms with van der Waals surface area (Å²) in [5.74, 6) is 0.988. The van der Waals surface area contributed by atoms with E-state index in [1.54, 1.807) is 0 Å². The molecule has 1 saturated heterocycles. The molecule has 2 rings (SSSR count). The van der Waals surface area contributed by atoms with Crippen molar-refractivity contribution in [3.05, 3.63) is 0 Å². The molecule has 17 heavy (non-hydrogen) atoms. The molecule has 5 heteroatoms. The van der Waals surface area contributed by atoms with Gasteiger partial charge in [0.25, 0.3) is 0 Å². The highest BCUT2D eigenvalue weighted by Gasteiger charge is 2.26. The number of ketones is 1. The van der Waals surface area contributed by atoms with Crippen LogP contribution >= 0.6 is 0 Å². The summed E-state index contributed by atoms with van der Waals surface area (Å²) in [6.45, 7) is 1.52. The molecule has 0 radical (unpaired) electrons. The number of sulfone groups is 1. The third-order valence-electron chi connectivity index (χ3n) is 3.88. The van der Waals surface area contributed by atoms with Crippen LogP contribution in [0.5, 0.6) is 0 Å². The molecule has 4 nitrogen and oxygen atoms in total. The molecule has 0 amide bonds. The zero-order chi connectivity index (χ0) is 12.3. The number of Topliss-reactive ketones (excluding diaryl/α,β-unsaturated/α-hetero) is 1. The number of hydrogen-bond acceptors (Lipinski definition) is 4. The van der Waals surface area contributed by atoms with Crippen LogP contribution in [0, 0.1) is 5.92 Å². The third kappa shape index (κ3) is 3.78. The van der Waals surface area contributed by atoms with Gasteiger partial charge in [-0.05, 0) is 12.8 Å². The van der Waals surface area contributed by atoms with Crippen molar-refractivity contribution in [1.29, 1.82) is 0 Å². The van der Waals surface area contributed by atoms with Gasteiger partial charge >= 0.3 is 0 Å². The van der Waals surface area contributed by atoms with Crippen molar-refractivity contribution < 1.29 is 13.2 Å². The van der Waals surface area contributed by atoms with Crippen LogP contribution in [0.2, 0.25) is 0 Å². The molecule has 1 aliphatic heterocycles. The smallest absolute Gasteiger partial charge is 0.152 e. The van der Waals surface area contributed by atoms with Crippen molar-refractivity contribution in [2.45, 2.75) is 32.1 Å². The Morgan fingerprint density at radius 3 is 2.24 bits per heavy atom. The average Bonchev–Trinajstić information content (AvgIpc) is 2.33.